The van der Waals surface area contributed by atoms with E-state index in [9.17, 15) is 22.8 Å². The summed E-state index contributed by atoms with van der Waals surface area (Å²) in [5, 5.41) is 5.80. The fourth-order valence-corrected chi connectivity index (χ4v) is 3.89. The second-order valence-electron chi connectivity index (χ2n) is 6.97. The number of ether oxygens (including phenoxy) is 1. The number of nitrogens with zero attached hydrogens (tertiary/aromatic N) is 3. The standard InChI is InChI=1S/C20H14BrClF3N5O3/c21-11-4-10(5-12(6-11)33-20(23,24)25)14-7-26-17(13-2-1-3-15(22)28-13)18(29-14)19(32)30-8-16(31)27-9-30/h1-6,26H,7-9H2,(H,27,31). The van der Waals surface area contributed by atoms with E-state index in [0.717, 1.165) is 0 Å². The van der Waals surface area contributed by atoms with Gasteiger partial charge in [0.2, 0.25) is 5.91 Å². The number of aromatic nitrogens is 1. The van der Waals surface area contributed by atoms with Gasteiger partial charge in [-0.05, 0) is 30.3 Å². The SMILES string of the molecule is O=C1CN(C(=O)C2=C(c3cccc(Cl)n3)NCC(c3cc(Br)cc(OC(F)(F)F)c3)=N2)CN1. The van der Waals surface area contributed by atoms with Gasteiger partial charge in [0, 0.05) is 10.0 Å². The smallest absolute Gasteiger partial charge is 0.406 e. The Morgan fingerprint density at radius 3 is 2.67 bits per heavy atom. The van der Waals surface area contributed by atoms with Crippen LogP contribution in [0.1, 0.15) is 11.3 Å². The van der Waals surface area contributed by atoms with Gasteiger partial charge in [-0.1, -0.05) is 33.6 Å². The number of carbonyl (C=O) groups excluding carboxylic acids is 2. The molecule has 13 heteroatoms. The molecule has 0 bridgehead atoms. The summed E-state index contributed by atoms with van der Waals surface area (Å²) in [6.07, 6.45) is -4.87. The molecule has 8 nitrogen and oxygen atoms in total. The van der Waals surface area contributed by atoms with Crippen molar-refractivity contribution in [1.29, 1.82) is 0 Å². The molecule has 3 heterocycles. The highest BCUT2D eigenvalue weighted by Crippen LogP contribution is 2.29. The molecule has 2 aliphatic heterocycles. The molecule has 0 unspecified atom stereocenters. The number of aliphatic imine (C=N–C) groups is 1. The highest BCUT2D eigenvalue weighted by molar-refractivity contribution is 9.10. The average molecular weight is 545 g/mol. The van der Waals surface area contributed by atoms with E-state index in [0.29, 0.717) is 15.7 Å². The van der Waals surface area contributed by atoms with Crippen molar-refractivity contribution in [2.45, 2.75) is 6.36 Å². The van der Waals surface area contributed by atoms with Crippen LogP contribution in [-0.4, -0.2) is 53.5 Å². The summed E-state index contributed by atoms with van der Waals surface area (Å²) in [5.41, 5.74) is 1.17. The van der Waals surface area contributed by atoms with Crippen LogP contribution in [0.2, 0.25) is 5.15 Å². The Kier molecular flexibility index (Phi) is 6.30. The number of carbonyl (C=O) groups is 2. The predicted molar refractivity (Wildman–Crippen MR) is 116 cm³/mol. The molecule has 2 aliphatic rings. The van der Waals surface area contributed by atoms with Gasteiger partial charge in [-0.25, -0.2) is 9.98 Å². The number of amides is 2. The molecule has 4 rings (SSSR count). The van der Waals surface area contributed by atoms with Crippen molar-refractivity contribution >= 4 is 50.8 Å². The molecule has 2 amide bonds. The van der Waals surface area contributed by atoms with Crippen LogP contribution in [0.5, 0.6) is 5.75 Å². The van der Waals surface area contributed by atoms with Crippen LogP contribution in [0.25, 0.3) is 5.70 Å². The zero-order valence-electron chi connectivity index (χ0n) is 16.5. The van der Waals surface area contributed by atoms with Gasteiger partial charge >= 0.3 is 6.36 Å². The van der Waals surface area contributed by atoms with E-state index >= 15 is 0 Å². The Bertz CT molecular complexity index is 1200. The van der Waals surface area contributed by atoms with E-state index < -0.39 is 18.0 Å². The number of nitrogens with one attached hydrogen (secondary N) is 2. The lowest BCUT2D eigenvalue weighted by Gasteiger charge is -2.23. The molecule has 2 N–H and O–H groups in total. The summed E-state index contributed by atoms with van der Waals surface area (Å²) in [7, 11) is 0. The predicted octanol–water partition coefficient (Wildman–Crippen LogP) is 3.07. The third kappa shape index (κ3) is 5.45. The molecule has 33 heavy (non-hydrogen) atoms. The molecular formula is C20H14BrClF3N5O3. The molecule has 0 radical (unpaired) electrons. The molecule has 0 spiro atoms. The van der Waals surface area contributed by atoms with E-state index in [4.69, 9.17) is 11.6 Å². The summed E-state index contributed by atoms with van der Waals surface area (Å²) in [6.45, 7) is -0.0635. The van der Waals surface area contributed by atoms with Crippen molar-refractivity contribution in [3.05, 3.63) is 63.0 Å². The zero-order valence-corrected chi connectivity index (χ0v) is 18.9. The first-order valence-corrected chi connectivity index (χ1v) is 10.6. The van der Waals surface area contributed by atoms with Crippen LogP contribution in [-0.2, 0) is 9.59 Å². The van der Waals surface area contributed by atoms with E-state index in [-0.39, 0.29) is 47.9 Å². The van der Waals surface area contributed by atoms with Crippen LogP contribution in [0.4, 0.5) is 13.2 Å². The molecule has 0 atom stereocenters. The van der Waals surface area contributed by atoms with Crippen molar-refractivity contribution in [1.82, 2.24) is 20.5 Å². The van der Waals surface area contributed by atoms with Crippen LogP contribution in [0, 0.1) is 0 Å². The molecule has 0 saturated carbocycles. The van der Waals surface area contributed by atoms with Crippen LogP contribution < -0.4 is 15.4 Å². The minimum absolute atomic E-state index is 0.00271. The quantitative estimate of drug-likeness (QED) is 0.577. The number of pyridine rings is 1. The highest BCUT2D eigenvalue weighted by atomic mass is 79.9. The maximum absolute atomic E-state index is 13.2. The summed E-state index contributed by atoms with van der Waals surface area (Å²) in [6, 6.07) is 8.73. The fourth-order valence-electron chi connectivity index (χ4n) is 3.25. The third-order valence-corrected chi connectivity index (χ3v) is 5.29. The fraction of sp³-hybridized carbons (Fsp3) is 0.200. The van der Waals surface area contributed by atoms with Crippen LogP contribution >= 0.6 is 27.5 Å². The van der Waals surface area contributed by atoms with Crippen molar-refractivity contribution < 1.29 is 27.5 Å². The molecule has 1 fully saturated rings. The number of alkyl halides is 3. The third-order valence-electron chi connectivity index (χ3n) is 4.62. The molecule has 1 saturated heterocycles. The van der Waals surface area contributed by atoms with E-state index in [1.54, 1.807) is 24.3 Å². The molecular weight excluding hydrogens is 531 g/mol. The van der Waals surface area contributed by atoms with E-state index in [1.807, 2.05) is 0 Å². The number of hydrogen-bond acceptors (Lipinski definition) is 6. The lowest BCUT2D eigenvalue weighted by Crippen LogP contribution is -2.36. The number of halogens is 5. The zero-order chi connectivity index (χ0) is 23.8. The molecule has 1 aromatic carbocycles. The van der Waals surface area contributed by atoms with Crippen LogP contribution in [0.15, 0.2) is 51.6 Å². The Balaban J connectivity index is 1.78. The second-order valence-corrected chi connectivity index (χ2v) is 8.27. The Hall–Kier alpha value is -3.12. The summed E-state index contributed by atoms with van der Waals surface area (Å²) < 4.78 is 42.5. The summed E-state index contributed by atoms with van der Waals surface area (Å²) in [5.74, 6) is -1.32. The van der Waals surface area contributed by atoms with Gasteiger partial charge in [0.05, 0.1) is 30.3 Å². The topological polar surface area (TPSA) is 95.9 Å². The number of benzene rings is 1. The Labute approximate surface area is 198 Å². The number of hydrogen-bond donors (Lipinski definition) is 2. The maximum atomic E-state index is 13.2. The molecule has 2 aromatic rings. The first-order valence-electron chi connectivity index (χ1n) is 9.40. The lowest BCUT2D eigenvalue weighted by atomic mass is 10.1. The summed E-state index contributed by atoms with van der Waals surface area (Å²) in [4.78, 5) is 34.7. The van der Waals surface area contributed by atoms with E-state index in [2.05, 4.69) is 41.3 Å². The van der Waals surface area contributed by atoms with E-state index in [1.165, 1.54) is 17.0 Å². The van der Waals surface area contributed by atoms with Gasteiger partial charge in [-0.2, -0.15) is 0 Å². The molecule has 1 aromatic heterocycles. The monoisotopic (exact) mass is 543 g/mol. The van der Waals surface area contributed by atoms with Crippen LogP contribution in [0.3, 0.4) is 0 Å². The van der Waals surface area contributed by atoms with Crippen molar-refractivity contribution in [3.63, 3.8) is 0 Å². The maximum Gasteiger partial charge on any atom is 0.573 e. The van der Waals surface area contributed by atoms with Gasteiger partial charge in [-0.15, -0.1) is 13.2 Å². The first-order chi connectivity index (χ1) is 15.6. The van der Waals surface area contributed by atoms with Gasteiger partial charge in [0.1, 0.15) is 17.4 Å². The van der Waals surface area contributed by atoms with Crippen molar-refractivity contribution in [3.8, 4) is 5.75 Å². The minimum atomic E-state index is -4.87. The number of rotatable bonds is 4. The molecule has 172 valence electrons. The summed E-state index contributed by atoms with van der Waals surface area (Å²) >= 11 is 9.16. The largest absolute Gasteiger partial charge is 0.573 e. The highest BCUT2D eigenvalue weighted by Gasteiger charge is 2.33. The average Bonchev–Trinajstić information content (AvgIpc) is 3.17. The Morgan fingerprint density at radius 2 is 2.00 bits per heavy atom. The van der Waals surface area contributed by atoms with Crippen molar-refractivity contribution in [2.24, 2.45) is 4.99 Å². The molecule has 0 aliphatic carbocycles. The van der Waals surface area contributed by atoms with Gasteiger partial charge in [0.25, 0.3) is 5.91 Å². The van der Waals surface area contributed by atoms with Gasteiger partial charge in [0.15, 0.2) is 5.70 Å². The van der Waals surface area contributed by atoms with Gasteiger partial charge in [-0.3, -0.25) is 9.59 Å². The minimum Gasteiger partial charge on any atom is -0.406 e. The lowest BCUT2D eigenvalue weighted by molar-refractivity contribution is -0.274. The first kappa shape index (κ1) is 23.1. The van der Waals surface area contributed by atoms with Gasteiger partial charge < -0.3 is 20.3 Å². The Morgan fingerprint density at radius 1 is 1.21 bits per heavy atom. The normalized spacial score (nSPS) is 16.3. The van der Waals surface area contributed by atoms with Crippen molar-refractivity contribution in [2.75, 3.05) is 19.8 Å². The second kappa shape index (κ2) is 9.02.